The molecule has 1 saturated heterocycles. The van der Waals surface area contributed by atoms with Gasteiger partial charge in [-0.2, -0.15) is 0 Å². The molecule has 1 aromatic rings. The molecule has 1 aliphatic rings. The number of rotatable bonds is 3. The fourth-order valence-corrected chi connectivity index (χ4v) is 2.75. The lowest BCUT2D eigenvalue weighted by Gasteiger charge is -2.28. The van der Waals surface area contributed by atoms with Crippen LogP contribution in [0.4, 0.5) is 0 Å². The Balaban J connectivity index is 2.06. The van der Waals surface area contributed by atoms with Gasteiger partial charge in [0, 0.05) is 19.6 Å². The molecule has 0 bridgehead atoms. The van der Waals surface area contributed by atoms with Crippen molar-refractivity contribution in [3.63, 3.8) is 0 Å². The van der Waals surface area contributed by atoms with Crippen LogP contribution < -0.4 is 5.73 Å². The van der Waals surface area contributed by atoms with Crippen molar-refractivity contribution in [3.8, 4) is 0 Å². The van der Waals surface area contributed by atoms with Gasteiger partial charge in [0.2, 0.25) is 5.91 Å². The van der Waals surface area contributed by atoms with E-state index in [2.05, 4.69) is 0 Å². The summed E-state index contributed by atoms with van der Waals surface area (Å²) in [7, 11) is 0. The van der Waals surface area contributed by atoms with Gasteiger partial charge in [-0.3, -0.25) is 4.79 Å². The number of benzene rings is 1. The lowest BCUT2D eigenvalue weighted by molar-refractivity contribution is -0.133. The van der Waals surface area contributed by atoms with Crippen LogP contribution in [0.1, 0.15) is 43.6 Å². The lowest BCUT2D eigenvalue weighted by atomic mass is 9.97. The summed E-state index contributed by atoms with van der Waals surface area (Å²) < 4.78 is 0. The number of nitrogens with two attached hydrogens (primary N) is 1. The van der Waals surface area contributed by atoms with E-state index >= 15 is 0 Å². The van der Waals surface area contributed by atoms with Crippen molar-refractivity contribution in [1.29, 1.82) is 0 Å². The van der Waals surface area contributed by atoms with Crippen molar-refractivity contribution in [1.82, 2.24) is 4.90 Å². The van der Waals surface area contributed by atoms with Gasteiger partial charge in [0.25, 0.3) is 0 Å². The maximum absolute atomic E-state index is 12.6. The van der Waals surface area contributed by atoms with Crippen LogP contribution in [-0.2, 0) is 4.79 Å². The third kappa shape index (κ3) is 3.80. The Labute approximate surface area is 115 Å². The van der Waals surface area contributed by atoms with E-state index in [0.717, 1.165) is 31.5 Å². The summed E-state index contributed by atoms with van der Waals surface area (Å²) in [5, 5.41) is 0. The van der Waals surface area contributed by atoms with Gasteiger partial charge in [-0.15, -0.1) is 0 Å². The van der Waals surface area contributed by atoms with E-state index < -0.39 is 0 Å². The molecular weight excluding hydrogens is 236 g/mol. The fraction of sp³-hybridized carbons (Fsp3) is 0.562. The van der Waals surface area contributed by atoms with Gasteiger partial charge in [0.1, 0.15) is 0 Å². The zero-order chi connectivity index (χ0) is 13.5. The highest BCUT2D eigenvalue weighted by molar-refractivity contribution is 5.84. The molecule has 0 unspecified atom stereocenters. The topological polar surface area (TPSA) is 46.3 Å². The second kappa shape index (κ2) is 7.29. The molecule has 0 aromatic heterocycles. The van der Waals surface area contributed by atoms with Crippen molar-refractivity contribution in [2.75, 3.05) is 19.6 Å². The Hall–Kier alpha value is -1.35. The van der Waals surface area contributed by atoms with Gasteiger partial charge in [-0.1, -0.05) is 49.6 Å². The van der Waals surface area contributed by atoms with Gasteiger partial charge < -0.3 is 10.6 Å². The van der Waals surface area contributed by atoms with Crippen LogP contribution in [-0.4, -0.2) is 30.4 Å². The molecule has 0 saturated carbocycles. The van der Waals surface area contributed by atoms with Crippen LogP contribution >= 0.6 is 0 Å². The van der Waals surface area contributed by atoms with E-state index in [1.54, 1.807) is 0 Å². The zero-order valence-corrected chi connectivity index (χ0v) is 11.6. The largest absolute Gasteiger partial charge is 0.342 e. The summed E-state index contributed by atoms with van der Waals surface area (Å²) in [6, 6.07) is 9.91. The molecular formula is C16H24N2O. The van der Waals surface area contributed by atoms with Gasteiger partial charge in [0.15, 0.2) is 0 Å². The molecule has 2 N–H and O–H groups in total. The predicted molar refractivity (Wildman–Crippen MR) is 77.9 cm³/mol. The summed E-state index contributed by atoms with van der Waals surface area (Å²) in [6.45, 7) is 2.17. The molecule has 1 atom stereocenters. The van der Waals surface area contributed by atoms with E-state index in [9.17, 15) is 4.79 Å². The van der Waals surface area contributed by atoms with Gasteiger partial charge in [-0.25, -0.2) is 0 Å². The summed E-state index contributed by atoms with van der Waals surface area (Å²) in [5.41, 5.74) is 6.87. The summed E-state index contributed by atoms with van der Waals surface area (Å²) in [6.07, 6.45) is 6.03. The molecule has 0 aliphatic carbocycles. The van der Waals surface area contributed by atoms with Gasteiger partial charge in [-0.05, 0) is 18.4 Å². The molecule has 0 spiro atoms. The molecule has 1 amide bonds. The Bertz CT molecular complexity index is 383. The first-order valence-electron chi connectivity index (χ1n) is 7.36. The van der Waals surface area contributed by atoms with Crippen LogP contribution in [0.3, 0.4) is 0 Å². The summed E-state index contributed by atoms with van der Waals surface area (Å²) >= 11 is 0. The number of carbonyl (C=O) groups excluding carboxylic acids is 1. The Kier molecular flexibility index (Phi) is 5.40. The van der Waals surface area contributed by atoms with Crippen LogP contribution in [0.2, 0.25) is 0 Å². The zero-order valence-electron chi connectivity index (χ0n) is 11.6. The number of hydrogen-bond acceptors (Lipinski definition) is 2. The van der Waals surface area contributed by atoms with E-state index in [1.807, 2.05) is 35.2 Å². The molecule has 1 fully saturated rings. The molecule has 19 heavy (non-hydrogen) atoms. The molecule has 1 aliphatic heterocycles. The number of likely N-dealkylation sites (tertiary alicyclic amines) is 1. The first-order chi connectivity index (χ1) is 9.33. The number of amides is 1. The minimum atomic E-state index is -0.180. The van der Waals surface area contributed by atoms with Crippen LogP contribution in [0.15, 0.2) is 30.3 Å². The molecule has 1 aromatic carbocycles. The minimum absolute atomic E-state index is 0.180. The second-order valence-corrected chi connectivity index (χ2v) is 5.29. The highest BCUT2D eigenvalue weighted by Gasteiger charge is 2.24. The molecule has 1 heterocycles. The van der Waals surface area contributed by atoms with Crippen LogP contribution in [0.5, 0.6) is 0 Å². The Morgan fingerprint density at radius 1 is 1.05 bits per heavy atom. The maximum Gasteiger partial charge on any atom is 0.231 e. The SMILES string of the molecule is NC[C@@H](C(=O)N1CCCCCCC1)c1ccccc1. The Morgan fingerprint density at radius 2 is 1.63 bits per heavy atom. The number of nitrogens with zero attached hydrogens (tertiary/aromatic N) is 1. The summed E-state index contributed by atoms with van der Waals surface area (Å²) in [4.78, 5) is 14.7. The molecule has 3 heteroatoms. The maximum atomic E-state index is 12.6. The minimum Gasteiger partial charge on any atom is -0.342 e. The average molecular weight is 260 g/mol. The molecule has 3 nitrogen and oxygen atoms in total. The highest BCUT2D eigenvalue weighted by atomic mass is 16.2. The fourth-order valence-electron chi connectivity index (χ4n) is 2.75. The first kappa shape index (κ1) is 14.1. The van der Waals surface area contributed by atoms with Crippen molar-refractivity contribution >= 4 is 5.91 Å². The van der Waals surface area contributed by atoms with Crippen LogP contribution in [0.25, 0.3) is 0 Å². The van der Waals surface area contributed by atoms with E-state index in [1.165, 1.54) is 19.3 Å². The first-order valence-corrected chi connectivity index (χ1v) is 7.36. The van der Waals surface area contributed by atoms with E-state index in [-0.39, 0.29) is 11.8 Å². The number of carbonyl (C=O) groups is 1. The van der Waals surface area contributed by atoms with Gasteiger partial charge >= 0.3 is 0 Å². The van der Waals surface area contributed by atoms with E-state index in [0.29, 0.717) is 6.54 Å². The second-order valence-electron chi connectivity index (χ2n) is 5.29. The summed E-state index contributed by atoms with van der Waals surface area (Å²) in [5.74, 6) is 0.0243. The van der Waals surface area contributed by atoms with Crippen molar-refractivity contribution in [3.05, 3.63) is 35.9 Å². The normalized spacial score (nSPS) is 18.5. The van der Waals surface area contributed by atoms with Gasteiger partial charge in [0.05, 0.1) is 5.92 Å². The predicted octanol–water partition coefficient (Wildman–Crippen LogP) is 2.52. The van der Waals surface area contributed by atoms with Crippen LogP contribution in [0, 0.1) is 0 Å². The van der Waals surface area contributed by atoms with Crippen molar-refractivity contribution < 1.29 is 4.79 Å². The molecule has 2 rings (SSSR count). The quantitative estimate of drug-likeness (QED) is 0.907. The third-order valence-electron chi connectivity index (χ3n) is 3.90. The molecule has 104 valence electrons. The highest BCUT2D eigenvalue weighted by Crippen LogP contribution is 2.19. The van der Waals surface area contributed by atoms with E-state index in [4.69, 9.17) is 5.73 Å². The standard InChI is InChI=1S/C16H24N2O/c17-13-15(14-9-5-4-6-10-14)16(19)18-11-7-2-1-3-8-12-18/h4-6,9-10,15H,1-3,7-8,11-13,17H2/t15-/m1/s1. The number of hydrogen-bond donors (Lipinski definition) is 1. The lowest BCUT2D eigenvalue weighted by Crippen LogP contribution is -2.39. The average Bonchev–Trinajstić information content (AvgIpc) is 2.40. The smallest absolute Gasteiger partial charge is 0.231 e. The van der Waals surface area contributed by atoms with Crippen molar-refractivity contribution in [2.45, 2.75) is 38.0 Å². The van der Waals surface area contributed by atoms with Crippen molar-refractivity contribution in [2.24, 2.45) is 5.73 Å². The molecule has 0 radical (unpaired) electrons. The monoisotopic (exact) mass is 260 g/mol. The third-order valence-corrected chi connectivity index (χ3v) is 3.90. The Morgan fingerprint density at radius 3 is 2.21 bits per heavy atom.